The van der Waals surface area contributed by atoms with Gasteiger partial charge in [0.25, 0.3) is 0 Å². The molecule has 9 heteroatoms. The van der Waals surface area contributed by atoms with Gasteiger partial charge in [-0.2, -0.15) is 4.98 Å². The van der Waals surface area contributed by atoms with Crippen LogP contribution in [-0.4, -0.2) is 45.7 Å². The predicted octanol–water partition coefficient (Wildman–Crippen LogP) is 3.86. The Hall–Kier alpha value is -2.26. The summed E-state index contributed by atoms with van der Waals surface area (Å²) in [7, 11) is 0. The molecule has 6 nitrogen and oxygen atoms in total. The van der Waals surface area contributed by atoms with E-state index in [-0.39, 0.29) is 17.1 Å². The monoisotopic (exact) mass is 464 g/mol. The van der Waals surface area contributed by atoms with Gasteiger partial charge in [0.2, 0.25) is 5.91 Å². The second-order valence-corrected chi connectivity index (χ2v) is 8.79. The van der Waals surface area contributed by atoms with Gasteiger partial charge in [0.15, 0.2) is 0 Å². The predicted molar refractivity (Wildman–Crippen MR) is 123 cm³/mol. The molecule has 174 valence electrons. The van der Waals surface area contributed by atoms with Crippen molar-refractivity contribution in [2.24, 2.45) is 0 Å². The van der Waals surface area contributed by atoms with Gasteiger partial charge in [0.05, 0.1) is 11.4 Å². The largest absolute Gasteiger partial charge is 0.348 e. The quantitative estimate of drug-likeness (QED) is 0.427. The first kappa shape index (κ1) is 24.4. The molecule has 0 fully saturated rings. The Labute approximate surface area is 191 Å². The summed E-state index contributed by atoms with van der Waals surface area (Å²) in [6, 6.07) is 3.00. The number of carbonyl (C=O) groups excluding carboxylic acids is 1. The number of aromatic nitrogens is 2. The first-order chi connectivity index (χ1) is 15.4. The highest BCUT2D eigenvalue weighted by Crippen LogP contribution is 2.28. The molecule has 0 spiro atoms. The van der Waals surface area contributed by atoms with Crippen LogP contribution in [0.3, 0.4) is 0 Å². The van der Waals surface area contributed by atoms with Crippen molar-refractivity contribution in [3.8, 4) is 0 Å². The molecule has 0 unspecified atom stereocenters. The maximum Gasteiger partial charge on any atom is 0.348 e. The van der Waals surface area contributed by atoms with Crippen LogP contribution in [-0.2, 0) is 24.2 Å². The second-order valence-electron chi connectivity index (χ2n) is 7.82. The van der Waals surface area contributed by atoms with Gasteiger partial charge in [-0.25, -0.2) is 13.6 Å². The summed E-state index contributed by atoms with van der Waals surface area (Å²) in [6.07, 6.45) is 4.59. The van der Waals surface area contributed by atoms with Crippen LogP contribution in [0.4, 0.5) is 14.5 Å². The third-order valence-electron chi connectivity index (χ3n) is 5.75. The molecule has 0 saturated heterocycles. The fraction of sp³-hybridized carbons (Fsp3) is 0.522. The lowest BCUT2D eigenvalue weighted by molar-refractivity contribution is -0.113. The maximum absolute atomic E-state index is 13.8. The average Bonchev–Trinajstić information content (AvgIpc) is 2.78. The van der Waals surface area contributed by atoms with Crippen molar-refractivity contribution in [2.75, 3.05) is 30.7 Å². The third-order valence-corrected chi connectivity index (χ3v) is 6.76. The fourth-order valence-corrected chi connectivity index (χ4v) is 4.88. The van der Waals surface area contributed by atoms with Crippen LogP contribution in [0.5, 0.6) is 0 Å². The molecule has 0 aliphatic heterocycles. The fourth-order valence-electron chi connectivity index (χ4n) is 4.00. The normalized spacial score (nSPS) is 13.3. The zero-order valence-electron chi connectivity index (χ0n) is 18.6. The van der Waals surface area contributed by atoms with Gasteiger partial charge in [-0.1, -0.05) is 25.6 Å². The molecule has 0 bridgehead atoms. The number of rotatable bonds is 10. The first-order valence-electron chi connectivity index (χ1n) is 11.2. The van der Waals surface area contributed by atoms with Crippen molar-refractivity contribution < 1.29 is 13.6 Å². The van der Waals surface area contributed by atoms with Gasteiger partial charge in [-0.05, 0) is 63.9 Å². The molecule has 1 amide bonds. The number of benzene rings is 1. The lowest BCUT2D eigenvalue weighted by Crippen LogP contribution is -2.32. The van der Waals surface area contributed by atoms with Gasteiger partial charge >= 0.3 is 5.69 Å². The number of hydrogen-bond acceptors (Lipinski definition) is 5. The average molecular weight is 465 g/mol. The van der Waals surface area contributed by atoms with E-state index in [4.69, 9.17) is 0 Å². The number of carbonyl (C=O) groups is 1. The molecule has 2 aromatic rings. The van der Waals surface area contributed by atoms with E-state index in [0.717, 1.165) is 75.1 Å². The van der Waals surface area contributed by atoms with Crippen molar-refractivity contribution >= 4 is 23.4 Å². The van der Waals surface area contributed by atoms with E-state index in [9.17, 15) is 18.4 Å². The molecule has 1 N–H and O–H groups in total. The van der Waals surface area contributed by atoms with Crippen molar-refractivity contribution in [1.29, 1.82) is 0 Å². The number of thioether (sulfide) groups is 1. The van der Waals surface area contributed by atoms with E-state index in [2.05, 4.69) is 29.0 Å². The Morgan fingerprint density at radius 1 is 1.22 bits per heavy atom. The van der Waals surface area contributed by atoms with E-state index in [1.54, 1.807) is 4.57 Å². The van der Waals surface area contributed by atoms with E-state index in [1.165, 1.54) is 17.8 Å². The molecular weight excluding hydrogens is 434 g/mol. The minimum Gasteiger partial charge on any atom is -0.323 e. The van der Waals surface area contributed by atoms with Crippen LogP contribution in [0, 0.1) is 11.6 Å². The first-order valence-corrected chi connectivity index (χ1v) is 12.1. The second kappa shape index (κ2) is 11.6. The highest BCUT2D eigenvalue weighted by Gasteiger charge is 2.21. The van der Waals surface area contributed by atoms with Crippen molar-refractivity contribution in [3.63, 3.8) is 0 Å². The summed E-state index contributed by atoms with van der Waals surface area (Å²) >= 11 is 1.19. The van der Waals surface area contributed by atoms with E-state index >= 15 is 0 Å². The van der Waals surface area contributed by atoms with Crippen LogP contribution in [0.1, 0.15) is 44.4 Å². The highest BCUT2D eigenvalue weighted by molar-refractivity contribution is 8.00. The number of anilines is 1. The van der Waals surface area contributed by atoms with Crippen LogP contribution >= 0.6 is 11.8 Å². The van der Waals surface area contributed by atoms with Gasteiger partial charge < -0.3 is 10.2 Å². The van der Waals surface area contributed by atoms with Gasteiger partial charge in [-0.3, -0.25) is 9.36 Å². The minimum atomic E-state index is -0.828. The van der Waals surface area contributed by atoms with Gasteiger partial charge in [0, 0.05) is 23.9 Å². The number of hydrogen-bond donors (Lipinski definition) is 1. The van der Waals surface area contributed by atoms with Gasteiger partial charge in [0.1, 0.15) is 16.7 Å². The number of amides is 1. The Kier molecular flexibility index (Phi) is 8.81. The molecule has 0 atom stereocenters. The van der Waals surface area contributed by atoms with Crippen LogP contribution < -0.4 is 11.0 Å². The summed E-state index contributed by atoms with van der Waals surface area (Å²) in [5.41, 5.74) is 1.72. The molecule has 1 aliphatic rings. The lowest BCUT2D eigenvalue weighted by Gasteiger charge is -2.23. The molecule has 1 aromatic carbocycles. The number of halogens is 2. The van der Waals surface area contributed by atoms with E-state index in [1.807, 2.05) is 0 Å². The summed E-state index contributed by atoms with van der Waals surface area (Å²) < 4.78 is 28.6. The Morgan fingerprint density at radius 2 is 1.97 bits per heavy atom. The molecular formula is C23H30F2N4O2S. The zero-order valence-corrected chi connectivity index (χ0v) is 19.4. The summed E-state index contributed by atoms with van der Waals surface area (Å²) in [5.74, 6) is -1.98. The zero-order chi connectivity index (χ0) is 23.1. The SMILES string of the molecule is CCN(CC)CCCn1c2c(c(SCC(=O)Nc3ccc(F)cc3F)nc1=O)CCCC2. The van der Waals surface area contributed by atoms with Crippen molar-refractivity contribution in [1.82, 2.24) is 14.5 Å². The summed E-state index contributed by atoms with van der Waals surface area (Å²) in [6.45, 7) is 7.81. The van der Waals surface area contributed by atoms with E-state index in [0.29, 0.717) is 11.6 Å². The summed E-state index contributed by atoms with van der Waals surface area (Å²) in [4.78, 5) is 31.7. The Balaban J connectivity index is 1.69. The smallest absolute Gasteiger partial charge is 0.323 e. The van der Waals surface area contributed by atoms with Crippen LogP contribution in [0.25, 0.3) is 0 Å². The molecule has 3 rings (SSSR count). The number of nitrogens with one attached hydrogen (secondary N) is 1. The number of fused-ring (bicyclic) bond motifs is 1. The maximum atomic E-state index is 13.8. The standard InChI is InChI=1S/C23H30F2N4O2S/c1-3-28(4-2)12-7-13-29-20-9-6-5-8-17(20)22(27-23(29)31)32-15-21(30)26-19-11-10-16(24)14-18(19)25/h10-11,14H,3-9,12-13,15H2,1-2H3,(H,26,30). The highest BCUT2D eigenvalue weighted by atomic mass is 32.2. The van der Waals surface area contributed by atoms with Crippen molar-refractivity contribution in [3.05, 3.63) is 51.6 Å². The third kappa shape index (κ3) is 6.16. The lowest BCUT2D eigenvalue weighted by atomic mass is 9.97. The molecule has 0 saturated carbocycles. The van der Waals surface area contributed by atoms with Crippen LogP contribution in [0.15, 0.2) is 28.0 Å². The minimum absolute atomic E-state index is 0.0122. The molecule has 1 aliphatic carbocycles. The Morgan fingerprint density at radius 3 is 2.69 bits per heavy atom. The summed E-state index contributed by atoms with van der Waals surface area (Å²) in [5, 5.41) is 3.03. The number of nitrogens with zero attached hydrogens (tertiary/aromatic N) is 3. The van der Waals surface area contributed by atoms with Crippen LogP contribution in [0.2, 0.25) is 0 Å². The molecule has 1 heterocycles. The topological polar surface area (TPSA) is 67.2 Å². The molecule has 0 radical (unpaired) electrons. The van der Waals surface area contributed by atoms with Gasteiger partial charge in [-0.15, -0.1) is 0 Å². The van der Waals surface area contributed by atoms with Crippen molar-refractivity contribution in [2.45, 2.75) is 57.5 Å². The molecule has 32 heavy (non-hydrogen) atoms. The van der Waals surface area contributed by atoms with E-state index < -0.39 is 17.5 Å². The molecule has 1 aromatic heterocycles. The Bertz CT molecular complexity index is 1010.